The molecule has 0 atom stereocenters. The van der Waals surface area contributed by atoms with Gasteiger partial charge >= 0.3 is 6.55 Å². The van der Waals surface area contributed by atoms with Crippen LogP contribution in [0.2, 0.25) is 0 Å². The fourth-order valence-electron chi connectivity index (χ4n) is 2.84. The number of aromatic nitrogens is 4. The Labute approximate surface area is 167 Å². The number of rotatable bonds is 6. The van der Waals surface area contributed by atoms with Crippen LogP contribution < -0.4 is 5.32 Å². The molecule has 0 aliphatic carbocycles. The minimum atomic E-state index is -2.77. The number of nitrogens with zero attached hydrogens (tertiary/aromatic N) is 4. The minimum absolute atomic E-state index is 0.114. The summed E-state index contributed by atoms with van der Waals surface area (Å²) in [6.45, 7) is 0.501. The molecule has 2 heterocycles. The fraction of sp³-hybridized carbons (Fsp3) is 0.278. The first kappa shape index (κ1) is 20.1. The predicted octanol–water partition coefficient (Wildman–Crippen LogP) is 4.22. The highest BCUT2D eigenvalue weighted by atomic mass is 79.9. The zero-order valence-electron chi connectivity index (χ0n) is 15.1. The van der Waals surface area contributed by atoms with Gasteiger partial charge in [0.1, 0.15) is 5.82 Å². The number of anilines is 1. The number of benzene rings is 1. The quantitative estimate of drug-likeness (QED) is 0.604. The van der Waals surface area contributed by atoms with Crippen LogP contribution in [0.15, 0.2) is 34.9 Å². The van der Waals surface area contributed by atoms with Crippen LogP contribution in [0.25, 0.3) is 0 Å². The third-order valence-electron chi connectivity index (χ3n) is 4.26. The molecule has 0 bridgehead atoms. The fourth-order valence-corrected chi connectivity index (χ4v) is 3.26. The van der Waals surface area contributed by atoms with Gasteiger partial charge in [0.05, 0.1) is 23.1 Å². The minimum Gasteiger partial charge on any atom is -0.308 e. The maximum absolute atomic E-state index is 13.8. The molecular formula is C18H17BrF3N5O. The standard InChI is InChI=1S/C18H17BrF3N5O/c1-10-13(11(2)27(24-10)18(21)22)7-16(28)23-17-14(19)9-26(25-17)8-12-5-3-4-6-15(12)20/h3-6,9,18H,7-8H2,1-2H3,(H,23,25,28). The lowest BCUT2D eigenvalue weighted by Crippen LogP contribution is -2.16. The van der Waals surface area contributed by atoms with E-state index in [1.807, 2.05) is 0 Å². The van der Waals surface area contributed by atoms with Crippen molar-refractivity contribution in [3.05, 3.63) is 63.3 Å². The monoisotopic (exact) mass is 455 g/mol. The smallest absolute Gasteiger partial charge is 0.308 e. The average molecular weight is 456 g/mol. The molecule has 0 unspecified atom stereocenters. The van der Waals surface area contributed by atoms with E-state index >= 15 is 0 Å². The third kappa shape index (κ3) is 4.27. The Balaban J connectivity index is 1.72. The molecule has 148 valence electrons. The molecule has 0 saturated carbocycles. The Morgan fingerprint density at radius 1 is 1.25 bits per heavy atom. The maximum Gasteiger partial charge on any atom is 0.333 e. The van der Waals surface area contributed by atoms with Gasteiger partial charge in [-0.25, -0.2) is 9.07 Å². The van der Waals surface area contributed by atoms with Crippen LogP contribution in [-0.4, -0.2) is 25.5 Å². The highest BCUT2D eigenvalue weighted by Crippen LogP contribution is 2.23. The van der Waals surface area contributed by atoms with Crippen LogP contribution in [0.3, 0.4) is 0 Å². The summed E-state index contributed by atoms with van der Waals surface area (Å²) < 4.78 is 42.2. The van der Waals surface area contributed by atoms with Crippen molar-refractivity contribution in [2.75, 3.05) is 5.32 Å². The number of aryl methyl sites for hydroxylation is 1. The molecule has 0 aliphatic heterocycles. The molecule has 1 amide bonds. The van der Waals surface area contributed by atoms with Gasteiger partial charge in [-0.1, -0.05) is 18.2 Å². The summed E-state index contributed by atoms with van der Waals surface area (Å²) in [5.74, 6) is -0.503. The number of halogens is 4. The Morgan fingerprint density at radius 2 is 1.96 bits per heavy atom. The number of hydrogen-bond acceptors (Lipinski definition) is 3. The Bertz CT molecular complexity index is 1010. The third-order valence-corrected chi connectivity index (χ3v) is 4.84. The van der Waals surface area contributed by atoms with Crippen LogP contribution >= 0.6 is 15.9 Å². The lowest BCUT2D eigenvalue weighted by molar-refractivity contribution is -0.115. The summed E-state index contributed by atoms with van der Waals surface area (Å²) in [4.78, 5) is 12.4. The van der Waals surface area contributed by atoms with Crippen LogP contribution in [0, 0.1) is 19.7 Å². The van der Waals surface area contributed by atoms with E-state index in [-0.39, 0.29) is 30.3 Å². The van der Waals surface area contributed by atoms with Crippen molar-refractivity contribution >= 4 is 27.7 Å². The predicted molar refractivity (Wildman–Crippen MR) is 101 cm³/mol. The van der Waals surface area contributed by atoms with Gasteiger partial charge in [-0.05, 0) is 35.8 Å². The van der Waals surface area contributed by atoms with E-state index in [9.17, 15) is 18.0 Å². The van der Waals surface area contributed by atoms with Crippen molar-refractivity contribution in [3.8, 4) is 0 Å². The van der Waals surface area contributed by atoms with E-state index in [4.69, 9.17) is 0 Å². The second kappa shape index (κ2) is 8.17. The Morgan fingerprint density at radius 3 is 2.61 bits per heavy atom. The SMILES string of the molecule is Cc1nn(C(F)F)c(C)c1CC(=O)Nc1nn(Cc2ccccc2F)cc1Br. The molecule has 28 heavy (non-hydrogen) atoms. The highest BCUT2D eigenvalue weighted by Gasteiger charge is 2.20. The van der Waals surface area contributed by atoms with Crippen LogP contribution in [-0.2, 0) is 17.8 Å². The van der Waals surface area contributed by atoms with Crippen LogP contribution in [0.5, 0.6) is 0 Å². The van der Waals surface area contributed by atoms with Gasteiger partial charge in [-0.3, -0.25) is 9.48 Å². The maximum atomic E-state index is 13.8. The first-order valence-electron chi connectivity index (χ1n) is 8.35. The van der Waals surface area contributed by atoms with Gasteiger partial charge in [0, 0.05) is 23.0 Å². The molecular weight excluding hydrogens is 439 g/mol. The number of alkyl halides is 2. The zero-order chi connectivity index (χ0) is 20.4. The van der Waals surface area contributed by atoms with E-state index in [1.54, 1.807) is 31.3 Å². The summed E-state index contributed by atoms with van der Waals surface area (Å²) >= 11 is 3.31. The summed E-state index contributed by atoms with van der Waals surface area (Å²) in [7, 11) is 0. The molecule has 0 saturated heterocycles. The highest BCUT2D eigenvalue weighted by molar-refractivity contribution is 9.10. The van der Waals surface area contributed by atoms with Crippen LogP contribution in [0.1, 0.15) is 29.1 Å². The van der Waals surface area contributed by atoms with Crippen molar-refractivity contribution in [3.63, 3.8) is 0 Å². The number of amides is 1. The number of hydrogen-bond donors (Lipinski definition) is 1. The molecule has 0 spiro atoms. The molecule has 0 radical (unpaired) electrons. The summed E-state index contributed by atoms with van der Waals surface area (Å²) in [5, 5.41) is 10.6. The second-order valence-electron chi connectivity index (χ2n) is 6.21. The van der Waals surface area contributed by atoms with Crippen molar-refractivity contribution in [1.29, 1.82) is 0 Å². The molecule has 2 aromatic heterocycles. The molecule has 0 aliphatic rings. The zero-order valence-corrected chi connectivity index (χ0v) is 16.7. The molecule has 0 fully saturated rings. The van der Waals surface area contributed by atoms with Gasteiger partial charge in [0.15, 0.2) is 5.82 Å². The number of nitrogens with one attached hydrogen (secondary N) is 1. The lowest BCUT2D eigenvalue weighted by Gasteiger charge is -2.05. The van der Waals surface area contributed by atoms with E-state index in [0.29, 0.717) is 26.0 Å². The van der Waals surface area contributed by atoms with Gasteiger partial charge in [0.25, 0.3) is 0 Å². The van der Waals surface area contributed by atoms with E-state index in [0.717, 1.165) is 0 Å². The van der Waals surface area contributed by atoms with E-state index < -0.39 is 12.5 Å². The summed E-state index contributed by atoms with van der Waals surface area (Å²) in [6, 6.07) is 6.34. The molecule has 10 heteroatoms. The van der Waals surface area contributed by atoms with Crippen molar-refractivity contribution in [2.45, 2.75) is 33.4 Å². The number of carbonyl (C=O) groups excluding carboxylic acids is 1. The molecule has 3 aromatic rings. The summed E-state index contributed by atoms with van der Waals surface area (Å²) in [6.07, 6.45) is 1.50. The first-order chi connectivity index (χ1) is 13.3. The molecule has 3 rings (SSSR count). The van der Waals surface area contributed by atoms with Gasteiger partial charge in [-0.15, -0.1) is 0 Å². The average Bonchev–Trinajstić information content (AvgIpc) is 3.11. The van der Waals surface area contributed by atoms with Gasteiger partial charge in [0.2, 0.25) is 5.91 Å². The van der Waals surface area contributed by atoms with Gasteiger partial charge in [-0.2, -0.15) is 19.0 Å². The van der Waals surface area contributed by atoms with E-state index in [2.05, 4.69) is 31.4 Å². The largest absolute Gasteiger partial charge is 0.333 e. The lowest BCUT2D eigenvalue weighted by atomic mass is 10.1. The van der Waals surface area contributed by atoms with E-state index in [1.165, 1.54) is 17.7 Å². The first-order valence-corrected chi connectivity index (χ1v) is 9.14. The summed E-state index contributed by atoms with van der Waals surface area (Å²) in [5.41, 5.74) is 1.52. The topological polar surface area (TPSA) is 64.7 Å². The van der Waals surface area contributed by atoms with Crippen molar-refractivity contribution in [2.24, 2.45) is 0 Å². The number of carbonyl (C=O) groups is 1. The normalized spacial score (nSPS) is 11.2. The van der Waals surface area contributed by atoms with Crippen LogP contribution in [0.4, 0.5) is 19.0 Å². The Kier molecular flexibility index (Phi) is 5.87. The Hall–Kier alpha value is -2.62. The van der Waals surface area contributed by atoms with Crippen molar-refractivity contribution in [1.82, 2.24) is 19.6 Å². The molecule has 6 nitrogen and oxygen atoms in total. The van der Waals surface area contributed by atoms with Gasteiger partial charge < -0.3 is 5.32 Å². The molecule has 1 N–H and O–H groups in total. The second-order valence-corrected chi connectivity index (χ2v) is 7.07. The van der Waals surface area contributed by atoms with Crippen molar-refractivity contribution < 1.29 is 18.0 Å². The molecule has 1 aromatic carbocycles.